The number of nitrogens with zero attached hydrogens (tertiary/aromatic N) is 4. The van der Waals surface area contributed by atoms with Crippen molar-refractivity contribution in [3.05, 3.63) is 54.4 Å². The molecule has 1 saturated heterocycles. The number of aliphatic hydroxyl groups excluding tert-OH is 1. The van der Waals surface area contributed by atoms with E-state index in [9.17, 15) is 9.90 Å². The lowest BCUT2D eigenvalue weighted by Gasteiger charge is -2.37. The zero-order valence-electron chi connectivity index (χ0n) is 14.7. The van der Waals surface area contributed by atoms with Gasteiger partial charge in [0.2, 0.25) is 0 Å². The second-order valence-electron chi connectivity index (χ2n) is 6.49. The second-order valence-corrected chi connectivity index (χ2v) is 6.49. The first kappa shape index (κ1) is 17.6. The van der Waals surface area contributed by atoms with Crippen molar-refractivity contribution in [3.63, 3.8) is 0 Å². The highest BCUT2D eigenvalue weighted by Crippen LogP contribution is 2.21. The Balaban J connectivity index is 1.70. The number of hydrogen-bond acceptors (Lipinski definition) is 4. The van der Waals surface area contributed by atoms with Crippen molar-refractivity contribution < 1.29 is 9.90 Å². The highest BCUT2D eigenvalue weighted by molar-refractivity contribution is 5.83. The van der Waals surface area contributed by atoms with Crippen molar-refractivity contribution in [1.82, 2.24) is 19.6 Å². The fourth-order valence-corrected chi connectivity index (χ4v) is 3.23. The molecule has 0 saturated carbocycles. The third-order valence-electron chi connectivity index (χ3n) is 4.76. The molecule has 1 aromatic carbocycles. The molecule has 1 N–H and O–H groups in total. The lowest BCUT2D eigenvalue weighted by molar-refractivity contribution is -0.135. The number of β-amino-alcohol motifs (C(OH)–C–C–N with tert-alkyl or cyclic N) is 1. The minimum absolute atomic E-state index is 0.0746. The van der Waals surface area contributed by atoms with Gasteiger partial charge < -0.3 is 10.0 Å². The van der Waals surface area contributed by atoms with Crippen molar-refractivity contribution in [2.75, 3.05) is 32.7 Å². The maximum atomic E-state index is 13.2. The lowest BCUT2D eigenvalue weighted by atomic mass is 10.1. The summed E-state index contributed by atoms with van der Waals surface area (Å²) >= 11 is 0. The molecular weight excluding hydrogens is 316 g/mol. The smallest absolute Gasteiger partial charge is 0.252 e. The Kier molecular flexibility index (Phi) is 5.83. The molecule has 25 heavy (non-hydrogen) atoms. The van der Waals surface area contributed by atoms with E-state index in [1.54, 1.807) is 10.9 Å². The van der Waals surface area contributed by atoms with E-state index in [1.165, 1.54) is 0 Å². The molecule has 2 heterocycles. The number of rotatable bonds is 6. The first-order valence-electron chi connectivity index (χ1n) is 8.92. The average molecular weight is 342 g/mol. The third-order valence-corrected chi connectivity index (χ3v) is 4.76. The van der Waals surface area contributed by atoms with Crippen molar-refractivity contribution in [2.24, 2.45) is 0 Å². The normalized spacial score (nSPS) is 18.1. The summed E-state index contributed by atoms with van der Waals surface area (Å²) in [4.78, 5) is 17.3. The Labute approximate surface area is 148 Å². The molecule has 0 aliphatic carbocycles. The fraction of sp³-hybridized carbons (Fsp3) is 0.474. The maximum Gasteiger partial charge on any atom is 0.252 e. The van der Waals surface area contributed by atoms with Gasteiger partial charge in [-0.3, -0.25) is 14.4 Å². The fourth-order valence-electron chi connectivity index (χ4n) is 3.23. The first-order chi connectivity index (χ1) is 12.2. The minimum atomic E-state index is -0.427. The van der Waals surface area contributed by atoms with Crippen LogP contribution in [0.2, 0.25) is 0 Å². The van der Waals surface area contributed by atoms with E-state index < -0.39 is 6.04 Å². The summed E-state index contributed by atoms with van der Waals surface area (Å²) in [7, 11) is 0. The number of benzene rings is 1. The molecule has 1 fully saturated rings. The van der Waals surface area contributed by atoms with Crippen LogP contribution in [0, 0.1) is 0 Å². The van der Waals surface area contributed by atoms with E-state index in [-0.39, 0.29) is 12.0 Å². The molecule has 0 spiro atoms. The summed E-state index contributed by atoms with van der Waals surface area (Å²) < 4.78 is 1.73. The largest absolute Gasteiger partial charge is 0.392 e. The number of carbonyl (C=O) groups is 1. The van der Waals surface area contributed by atoms with Crippen molar-refractivity contribution >= 4 is 5.91 Å². The van der Waals surface area contributed by atoms with Crippen LogP contribution in [0.1, 0.15) is 24.9 Å². The van der Waals surface area contributed by atoms with Crippen molar-refractivity contribution in [3.8, 4) is 0 Å². The van der Waals surface area contributed by atoms with Gasteiger partial charge in [0.25, 0.3) is 5.91 Å². The van der Waals surface area contributed by atoms with Gasteiger partial charge in [-0.05, 0) is 18.1 Å². The summed E-state index contributed by atoms with van der Waals surface area (Å²) in [6.07, 6.45) is 4.01. The van der Waals surface area contributed by atoms with Crippen LogP contribution in [-0.4, -0.2) is 69.4 Å². The zero-order valence-corrected chi connectivity index (χ0v) is 14.7. The highest BCUT2D eigenvalue weighted by Gasteiger charge is 2.30. The Bertz CT molecular complexity index is 651. The molecule has 1 aliphatic rings. The van der Waals surface area contributed by atoms with Crippen LogP contribution in [0.25, 0.3) is 0 Å². The Morgan fingerprint density at radius 1 is 1.16 bits per heavy atom. The van der Waals surface area contributed by atoms with E-state index >= 15 is 0 Å². The number of aliphatic hydroxyl groups is 1. The maximum absolute atomic E-state index is 13.2. The number of amides is 1. The van der Waals surface area contributed by atoms with E-state index in [2.05, 4.69) is 10.00 Å². The molecule has 1 aliphatic heterocycles. The molecule has 1 amide bonds. The summed E-state index contributed by atoms with van der Waals surface area (Å²) in [5, 5.41) is 14.1. The zero-order chi connectivity index (χ0) is 17.6. The number of piperazine rings is 1. The third kappa shape index (κ3) is 4.27. The Morgan fingerprint density at radius 2 is 1.88 bits per heavy atom. The molecule has 2 atom stereocenters. The van der Waals surface area contributed by atoms with Gasteiger partial charge in [-0.1, -0.05) is 37.3 Å². The molecule has 2 unspecified atom stereocenters. The predicted octanol–water partition coefficient (Wildman–Crippen LogP) is 1.39. The van der Waals surface area contributed by atoms with E-state index in [0.29, 0.717) is 19.6 Å². The number of aromatic nitrogens is 2. The second kappa shape index (κ2) is 8.27. The van der Waals surface area contributed by atoms with Crippen molar-refractivity contribution in [1.29, 1.82) is 0 Å². The molecule has 0 bridgehead atoms. The van der Waals surface area contributed by atoms with Gasteiger partial charge >= 0.3 is 0 Å². The Hall–Kier alpha value is -2.18. The van der Waals surface area contributed by atoms with E-state index in [4.69, 9.17) is 0 Å². The lowest BCUT2D eigenvalue weighted by Crippen LogP contribution is -2.52. The van der Waals surface area contributed by atoms with Gasteiger partial charge in [0.1, 0.15) is 0 Å². The van der Waals surface area contributed by atoms with Crippen molar-refractivity contribution in [2.45, 2.75) is 25.5 Å². The van der Waals surface area contributed by atoms with Gasteiger partial charge in [0, 0.05) is 45.1 Å². The summed E-state index contributed by atoms with van der Waals surface area (Å²) in [6.45, 7) is 5.62. The molecule has 2 aromatic rings. The van der Waals surface area contributed by atoms with Gasteiger partial charge in [0.05, 0.1) is 6.10 Å². The highest BCUT2D eigenvalue weighted by atomic mass is 16.3. The standard InChI is InChI=1S/C19H26N4O2/c1-2-17(24)15-21-11-13-22(14-12-21)19(25)18(23-10-6-9-20-23)16-7-4-3-5-8-16/h3-10,17-18,24H,2,11-15H2,1H3. The van der Waals surface area contributed by atoms with E-state index in [0.717, 1.165) is 25.1 Å². The number of hydrogen-bond donors (Lipinski definition) is 1. The quantitative estimate of drug-likeness (QED) is 0.862. The molecule has 6 heteroatoms. The van der Waals surface area contributed by atoms with Crippen LogP contribution in [-0.2, 0) is 4.79 Å². The van der Waals surface area contributed by atoms with Crippen LogP contribution in [0.5, 0.6) is 0 Å². The minimum Gasteiger partial charge on any atom is -0.392 e. The van der Waals surface area contributed by atoms with Crippen LogP contribution in [0.15, 0.2) is 48.8 Å². The van der Waals surface area contributed by atoms with E-state index in [1.807, 2.05) is 54.4 Å². The van der Waals surface area contributed by atoms with Crippen LogP contribution >= 0.6 is 0 Å². The molecule has 3 rings (SSSR count). The molecule has 6 nitrogen and oxygen atoms in total. The van der Waals surface area contributed by atoms with Gasteiger partial charge in [-0.2, -0.15) is 5.10 Å². The molecular formula is C19H26N4O2. The summed E-state index contributed by atoms with van der Waals surface area (Å²) in [6, 6.07) is 11.2. The molecule has 1 aromatic heterocycles. The molecule has 134 valence electrons. The topological polar surface area (TPSA) is 61.6 Å². The van der Waals surface area contributed by atoms with Crippen LogP contribution in [0.4, 0.5) is 0 Å². The van der Waals surface area contributed by atoms with Gasteiger partial charge in [-0.25, -0.2) is 0 Å². The number of carbonyl (C=O) groups excluding carboxylic acids is 1. The Morgan fingerprint density at radius 3 is 2.48 bits per heavy atom. The average Bonchev–Trinajstić information content (AvgIpc) is 3.17. The van der Waals surface area contributed by atoms with Gasteiger partial charge in [-0.15, -0.1) is 0 Å². The SMILES string of the molecule is CCC(O)CN1CCN(C(=O)C(c2ccccc2)n2cccn2)CC1. The van der Waals surface area contributed by atoms with Gasteiger partial charge in [0.15, 0.2) is 6.04 Å². The van der Waals surface area contributed by atoms with Crippen LogP contribution in [0.3, 0.4) is 0 Å². The summed E-state index contributed by atoms with van der Waals surface area (Å²) in [5.74, 6) is 0.0746. The predicted molar refractivity (Wildman–Crippen MR) is 96.1 cm³/mol. The van der Waals surface area contributed by atoms with Crippen LogP contribution < -0.4 is 0 Å². The summed E-state index contributed by atoms with van der Waals surface area (Å²) in [5.41, 5.74) is 0.944. The monoisotopic (exact) mass is 342 g/mol. The molecule has 0 radical (unpaired) electrons. The first-order valence-corrected chi connectivity index (χ1v) is 8.92.